The third-order valence-electron chi connectivity index (χ3n) is 2.21. The Balaban J connectivity index is 2.90. The number of carbonyl (C=O) groups is 1. The molecule has 8 nitrogen and oxygen atoms in total. The van der Waals surface area contributed by atoms with Crippen molar-refractivity contribution in [2.24, 2.45) is 5.92 Å². The van der Waals surface area contributed by atoms with Crippen LogP contribution in [-0.4, -0.2) is 27.1 Å². The lowest BCUT2D eigenvalue weighted by Crippen LogP contribution is -2.28. The van der Waals surface area contributed by atoms with Gasteiger partial charge in [-0.05, 0) is 6.92 Å². The van der Waals surface area contributed by atoms with Gasteiger partial charge in [0.2, 0.25) is 0 Å². The lowest BCUT2D eigenvalue weighted by molar-refractivity contribution is -0.385. The zero-order valence-corrected chi connectivity index (χ0v) is 10.0. The van der Waals surface area contributed by atoms with Crippen LogP contribution in [0, 0.1) is 16.0 Å². The molecule has 0 saturated carbocycles. The molecule has 98 valence electrons. The van der Waals surface area contributed by atoms with Crippen molar-refractivity contribution in [2.75, 3.05) is 6.61 Å². The van der Waals surface area contributed by atoms with E-state index in [1.807, 2.05) is 0 Å². The maximum Gasteiger partial charge on any atom is 0.347 e. The lowest BCUT2D eigenvalue weighted by Gasteiger charge is -2.11. The van der Waals surface area contributed by atoms with Crippen LogP contribution >= 0.6 is 0 Å². The number of ether oxygens (including phenoxy) is 1. The predicted octanol–water partition coefficient (Wildman–Crippen LogP) is 0.351. The zero-order chi connectivity index (χ0) is 13.7. The molecule has 0 aromatic carbocycles. The molecule has 0 aliphatic rings. The Labute approximate surface area is 102 Å². The number of hydrogen-bond donors (Lipinski definition) is 0. The van der Waals surface area contributed by atoms with Crippen LogP contribution in [0.3, 0.4) is 0 Å². The van der Waals surface area contributed by atoms with Crippen molar-refractivity contribution in [3.63, 3.8) is 0 Å². The number of esters is 1. The third-order valence-corrected chi connectivity index (χ3v) is 2.21. The Kier molecular flexibility index (Phi) is 4.52. The van der Waals surface area contributed by atoms with Crippen LogP contribution in [0.5, 0.6) is 0 Å². The Morgan fingerprint density at radius 3 is 2.89 bits per heavy atom. The summed E-state index contributed by atoms with van der Waals surface area (Å²) in [5.74, 6) is -1.04. The van der Waals surface area contributed by atoms with E-state index in [4.69, 9.17) is 4.74 Å². The first-order valence-corrected chi connectivity index (χ1v) is 5.33. The van der Waals surface area contributed by atoms with Crippen molar-refractivity contribution >= 4 is 11.7 Å². The lowest BCUT2D eigenvalue weighted by atomic mass is 10.2. The molecule has 1 aromatic heterocycles. The highest BCUT2D eigenvalue weighted by Crippen LogP contribution is 2.07. The molecule has 1 aromatic rings. The smallest absolute Gasteiger partial charge is 0.347 e. The number of nitrogens with zero attached hydrogens (tertiary/aromatic N) is 3. The van der Waals surface area contributed by atoms with Crippen molar-refractivity contribution in [3.8, 4) is 0 Å². The monoisotopic (exact) mass is 255 g/mol. The quantitative estimate of drug-likeness (QED) is 0.427. The molecule has 0 N–H and O–H groups in total. The molecular weight excluding hydrogens is 242 g/mol. The van der Waals surface area contributed by atoms with Gasteiger partial charge in [0, 0.05) is 6.54 Å². The van der Waals surface area contributed by atoms with Crippen molar-refractivity contribution < 1.29 is 14.5 Å². The van der Waals surface area contributed by atoms with Gasteiger partial charge in [0.25, 0.3) is 0 Å². The second-order valence-electron chi connectivity index (χ2n) is 3.66. The molecule has 1 unspecified atom stereocenters. The standard InChI is InChI=1S/C10H13N3O5/c1-3-18-9(14)7(2)5-12-6-8(13(16)17)4-11-10(12)15/h4,6-7H,3,5H2,1-2H3. The van der Waals surface area contributed by atoms with E-state index in [1.165, 1.54) is 0 Å². The summed E-state index contributed by atoms with van der Waals surface area (Å²) in [6, 6.07) is 0. The molecule has 8 heteroatoms. The summed E-state index contributed by atoms with van der Waals surface area (Å²) in [4.78, 5) is 36.0. The van der Waals surface area contributed by atoms with E-state index in [2.05, 4.69) is 4.98 Å². The van der Waals surface area contributed by atoms with E-state index in [-0.39, 0.29) is 18.8 Å². The Morgan fingerprint density at radius 1 is 1.67 bits per heavy atom. The van der Waals surface area contributed by atoms with Gasteiger partial charge in [0.15, 0.2) is 0 Å². The third kappa shape index (κ3) is 3.37. The SMILES string of the molecule is CCOC(=O)C(C)Cn1cc([N+](=O)[O-])cnc1=O. The van der Waals surface area contributed by atoms with Crippen molar-refractivity contribution in [1.29, 1.82) is 0 Å². The summed E-state index contributed by atoms with van der Waals surface area (Å²) in [7, 11) is 0. The van der Waals surface area contributed by atoms with E-state index in [0.717, 1.165) is 17.0 Å². The minimum Gasteiger partial charge on any atom is -0.466 e. The Bertz CT molecular complexity index is 510. The molecule has 0 fully saturated rings. The summed E-state index contributed by atoms with van der Waals surface area (Å²) in [6.45, 7) is 3.48. The van der Waals surface area contributed by atoms with Gasteiger partial charge in [-0.3, -0.25) is 19.5 Å². The van der Waals surface area contributed by atoms with Crippen LogP contribution in [0.4, 0.5) is 5.69 Å². The van der Waals surface area contributed by atoms with Crippen LogP contribution in [-0.2, 0) is 16.1 Å². The number of carbonyl (C=O) groups excluding carboxylic acids is 1. The number of nitro groups is 1. The van der Waals surface area contributed by atoms with Crippen LogP contribution in [0.25, 0.3) is 0 Å². The molecule has 0 aliphatic carbocycles. The van der Waals surface area contributed by atoms with Crippen LogP contribution < -0.4 is 5.69 Å². The summed E-state index contributed by atoms with van der Waals surface area (Å²) in [6.07, 6.45) is 1.94. The first kappa shape index (κ1) is 13.8. The number of aromatic nitrogens is 2. The van der Waals surface area contributed by atoms with Gasteiger partial charge >= 0.3 is 17.3 Å². The molecule has 0 saturated heterocycles. The fourth-order valence-corrected chi connectivity index (χ4v) is 1.32. The normalized spacial score (nSPS) is 11.9. The fourth-order valence-electron chi connectivity index (χ4n) is 1.32. The van der Waals surface area contributed by atoms with Crippen LogP contribution in [0.2, 0.25) is 0 Å². The average molecular weight is 255 g/mol. The summed E-state index contributed by atoms with van der Waals surface area (Å²) >= 11 is 0. The average Bonchev–Trinajstić information content (AvgIpc) is 2.31. The van der Waals surface area contributed by atoms with Crippen LogP contribution in [0.1, 0.15) is 13.8 Å². The molecular formula is C10H13N3O5. The zero-order valence-electron chi connectivity index (χ0n) is 10.0. The molecule has 1 heterocycles. The predicted molar refractivity (Wildman–Crippen MR) is 60.9 cm³/mol. The van der Waals surface area contributed by atoms with Crippen molar-refractivity contribution in [3.05, 3.63) is 33.0 Å². The van der Waals surface area contributed by atoms with Gasteiger partial charge in [-0.25, -0.2) is 4.79 Å². The summed E-state index contributed by atoms with van der Waals surface area (Å²) in [5.41, 5.74) is -0.942. The van der Waals surface area contributed by atoms with Gasteiger partial charge in [-0.2, -0.15) is 4.98 Å². The highest BCUT2D eigenvalue weighted by molar-refractivity contribution is 5.71. The minimum absolute atomic E-state index is 0.00759. The molecule has 0 radical (unpaired) electrons. The van der Waals surface area contributed by atoms with Gasteiger partial charge in [0.05, 0.1) is 23.6 Å². The van der Waals surface area contributed by atoms with E-state index in [0.29, 0.717) is 0 Å². The molecule has 18 heavy (non-hydrogen) atoms. The van der Waals surface area contributed by atoms with E-state index >= 15 is 0 Å². The highest BCUT2D eigenvalue weighted by atomic mass is 16.6. The van der Waals surface area contributed by atoms with E-state index < -0.39 is 22.5 Å². The highest BCUT2D eigenvalue weighted by Gasteiger charge is 2.17. The van der Waals surface area contributed by atoms with E-state index in [9.17, 15) is 19.7 Å². The summed E-state index contributed by atoms with van der Waals surface area (Å²) in [5, 5.41) is 10.5. The second kappa shape index (κ2) is 5.89. The number of rotatable bonds is 5. The molecule has 0 spiro atoms. The maximum atomic E-state index is 11.4. The van der Waals surface area contributed by atoms with Gasteiger partial charge in [-0.1, -0.05) is 6.92 Å². The van der Waals surface area contributed by atoms with Gasteiger partial charge in [-0.15, -0.1) is 0 Å². The van der Waals surface area contributed by atoms with Crippen molar-refractivity contribution in [2.45, 2.75) is 20.4 Å². The van der Waals surface area contributed by atoms with Crippen molar-refractivity contribution in [1.82, 2.24) is 9.55 Å². The maximum absolute atomic E-state index is 11.4. The molecule has 1 atom stereocenters. The second-order valence-corrected chi connectivity index (χ2v) is 3.66. The number of hydrogen-bond acceptors (Lipinski definition) is 6. The Morgan fingerprint density at radius 2 is 2.33 bits per heavy atom. The van der Waals surface area contributed by atoms with Gasteiger partial charge < -0.3 is 4.74 Å². The molecule has 0 bridgehead atoms. The van der Waals surface area contributed by atoms with Gasteiger partial charge in [0.1, 0.15) is 6.20 Å². The first-order chi connectivity index (χ1) is 8.45. The minimum atomic E-state index is -0.655. The fraction of sp³-hybridized carbons (Fsp3) is 0.500. The molecule has 0 aliphatic heterocycles. The molecule has 0 amide bonds. The topological polar surface area (TPSA) is 104 Å². The summed E-state index contributed by atoms with van der Waals surface area (Å²) < 4.78 is 5.81. The molecule has 1 rings (SSSR count). The largest absolute Gasteiger partial charge is 0.466 e. The van der Waals surface area contributed by atoms with E-state index in [1.54, 1.807) is 13.8 Å². The first-order valence-electron chi connectivity index (χ1n) is 5.33. The Hall–Kier alpha value is -2.25. The van der Waals surface area contributed by atoms with Crippen LogP contribution in [0.15, 0.2) is 17.2 Å².